The van der Waals surface area contributed by atoms with E-state index in [1.165, 1.54) is 11.3 Å². The van der Waals surface area contributed by atoms with Crippen LogP contribution in [0.4, 0.5) is 5.69 Å². The van der Waals surface area contributed by atoms with Crippen molar-refractivity contribution in [2.45, 2.75) is 32.2 Å². The maximum Gasteiger partial charge on any atom is 0.241 e. The Balaban J connectivity index is 1.08. The van der Waals surface area contributed by atoms with E-state index in [2.05, 4.69) is 49.5 Å². The normalized spacial score (nSPS) is 18.0. The van der Waals surface area contributed by atoms with Crippen molar-refractivity contribution >= 4 is 34.8 Å². The molecule has 184 valence electrons. The number of piperidine rings is 1. The number of rotatable bonds is 8. The van der Waals surface area contributed by atoms with E-state index in [4.69, 9.17) is 27.7 Å². The van der Waals surface area contributed by atoms with Gasteiger partial charge in [-0.2, -0.15) is 4.98 Å². The molecule has 0 spiro atoms. The van der Waals surface area contributed by atoms with Crippen molar-refractivity contribution in [1.82, 2.24) is 20.4 Å². The van der Waals surface area contributed by atoms with Gasteiger partial charge in [0.2, 0.25) is 17.6 Å². The molecule has 0 saturated carbocycles. The van der Waals surface area contributed by atoms with Gasteiger partial charge in [-0.25, -0.2) is 0 Å². The van der Waals surface area contributed by atoms with Crippen LogP contribution in [0.3, 0.4) is 0 Å². The number of para-hydroxylation sites is 1. The average molecular weight is 514 g/mol. The summed E-state index contributed by atoms with van der Waals surface area (Å²) in [6.07, 6.45) is 3.91. The fraction of sp³-hybridized carbons (Fsp3) is 0.423. The number of fused-ring (bicyclic) bond motifs is 1. The standard InChI is InChI=1S/C26H29Cl2N5O2/c27-20-8-9-21(22(28)15-20)25-30-24(35-31-25)17-32-12-3-6-19(16-32)26(34)29-11-4-13-33-14-10-18-5-1-2-7-23(18)33/h1-2,5,7-9,15,19H,3-4,6,10-14,16-17H2,(H,29,34). The van der Waals surface area contributed by atoms with Gasteiger partial charge < -0.3 is 14.7 Å². The number of anilines is 1. The number of carbonyl (C=O) groups is 1. The summed E-state index contributed by atoms with van der Waals surface area (Å²) in [6, 6.07) is 13.8. The molecule has 1 N–H and O–H groups in total. The second-order valence-corrected chi connectivity index (χ2v) is 10.1. The second-order valence-electron chi connectivity index (χ2n) is 9.22. The molecular formula is C26H29Cl2N5O2. The Labute approximate surface area is 215 Å². The number of nitrogens with one attached hydrogen (secondary N) is 1. The van der Waals surface area contributed by atoms with Crippen molar-refractivity contribution < 1.29 is 9.32 Å². The van der Waals surface area contributed by atoms with Crippen molar-refractivity contribution in [2.24, 2.45) is 5.92 Å². The zero-order chi connectivity index (χ0) is 24.2. The van der Waals surface area contributed by atoms with Gasteiger partial charge in [-0.05, 0) is 62.1 Å². The summed E-state index contributed by atoms with van der Waals surface area (Å²) < 4.78 is 5.46. The van der Waals surface area contributed by atoms with Crippen molar-refractivity contribution in [3.8, 4) is 11.4 Å². The summed E-state index contributed by atoms with van der Waals surface area (Å²) in [7, 11) is 0. The summed E-state index contributed by atoms with van der Waals surface area (Å²) in [5, 5.41) is 8.26. The maximum absolute atomic E-state index is 12.8. The van der Waals surface area contributed by atoms with Gasteiger partial charge in [0.05, 0.1) is 17.5 Å². The Bertz CT molecular complexity index is 1180. The number of hydrogen-bond donors (Lipinski definition) is 1. The number of likely N-dealkylation sites (tertiary alicyclic amines) is 1. The predicted octanol–water partition coefficient (Wildman–Crippen LogP) is 4.82. The van der Waals surface area contributed by atoms with E-state index >= 15 is 0 Å². The van der Waals surface area contributed by atoms with Crippen LogP contribution in [0.1, 0.15) is 30.7 Å². The Morgan fingerprint density at radius 2 is 2.06 bits per heavy atom. The Morgan fingerprint density at radius 1 is 1.17 bits per heavy atom. The molecule has 1 amide bonds. The minimum Gasteiger partial charge on any atom is -0.371 e. The monoisotopic (exact) mass is 513 g/mol. The molecule has 1 saturated heterocycles. The smallest absolute Gasteiger partial charge is 0.241 e. The number of halogens is 2. The first-order chi connectivity index (χ1) is 17.1. The van der Waals surface area contributed by atoms with E-state index in [0.717, 1.165) is 45.3 Å². The van der Waals surface area contributed by atoms with E-state index in [1.807, 2.05) is 0 Å². The lowest BCUT2D eigenvalue weighted by atomic mass is 9.97. The minimum atomic E-state index is -0.0237. The van der Waals surface area contributed by atoms with Crippen LogP contribution in [0.15, 0.2) is 47.0 Å². The molecule has 0 radical (unpaired) electrons. The van der Waals surface area contributed by atoms with E-state index in [1.54, 1.807) is 18.2 Å². The Morgan fingerprint density at radius 3 is 2.94 bits per heavy atom. The highest BCUT2D eigenvalue weighted by atomic mass is 35.5. The van der Waals surface area contributed by atoms with E-state index < -0.39 is 0 Å². The molecule has 2 aliphatic rings. The molecule has 1 unspecified atom stereocenters. The van der Waals surface area contributed by atoms with E-state index in [0.29, 0.717) is 47.0 Å². The van der Waals surface area contributed by atoms with Crippen LogP contribution in [0.2, 0.25) is 10.0 Å². The average Bonchev–Trinajstić information content (AvgIpc) is 3.49. The fourth-order valence-corrected chi connectivity index (χ4v) is 5.46. The number of nitrogens with zero attached hydrogens (tertiary/aromatic N) is 4. The van der Waals surface area contributed by atoms with Crippen molar-refractivity contribution in [3.63, 3.8) is 0 Å². The quantitative estimate of drug-likeness (QED) is 0.435. The van der Waals surface area contributed by atoms with Crippen molar-refractivity contribution in [1.29, 1.82) is 0 Å². The number of aromatic nitrogens is 2. The van der Waals surface area contributed by atoms with Crippen LogP contribution < -0.4 is 10.2 Å². The third kappa shape index (κ3) is 5.80. The second kappa shape index (κ2) is 11.0. The zero-order valence-electron chi connectivity index (χ0n) is 19.6. The summed E-state index contributed by atoms with van der Waals surface area (Å²) in [6.45, 7) is 4.82. The van der Waals surface area contributed by atoms with Gasteiger partial charge in [0.25, 0.3) is 0 Å². The molecule has 1 atom stereocenters. The van der Waals surface area contributed by atoms with Gasteiger partial charge in [-0.3, -0.25) is 9.69 Å². The first kappa shape index (κ1) is 24.1. The largest absolute Gasteiger partial charge is 0.371 e. The molecule has 35 heavy (non-hydrogen) atoms. The van der Waals surface area contributed by atoms with E-state index in [9.17, 15) is 4.79 Å². The van der Waals surface area contributed by atoms with Crippen LogP contribution in [-0.2, 0) is 17.8 Å². The molecule has 7 nitrogen and oxygen atoms in total. The molecule has 2 aliphatic heterocycles. The van der Waals surface area contributed by atoms with Crippen LogP contribution in [0, 0.1) is 5.92 Å². The molecule has 0 aliphatic carbocycles. The van der Waals surface area contributed by atoms with Gasteiger partial charge >= 0.3 is 0 Å². The first-order valence-corrected chi connectivity index (χ1v) is 12.9. The van der Waals surface area contributed by atoms with Crippen molar-refractivity contribution in [3.05, 3.63) is 64.0 Å². The summed E-state index contributed by atoms with van der Waals surface area (Å²) >= 11 is 12.2. The first-order valence-electron chi connectivity index (χ1n) is 12.2. The molecule has 9 heteroatoms. The Kier molecular flexibility index (Phi) is 7.56. The molecule has 0 bridgehead atoms. The molecular weight excluding hydrogens is 485 g/mol. The molecule has 5 rings (SSSR count). The SMILES string of the molecule is O=C(NCCCN1CCc2ccccc21)C1CCCN(Cc2nc(-c3ccc(Cl)cc3Cl)no2)C1. The number of hydrogen-bond acceptors (Lipinski definition) is 6. The zero-order valence-corrected chi connectivity index (χ0v) is 21.1. The van der Waals surface area contributed by atoms with Crippen LogP contribution in [-0.4, -0.2) is 53.7 Å². The van der Waals surface area contributed by atoms with Crippen LogP contribution >= 0.6 is 23.2 Å². The van der Waals surface area contributed by atoms with E-state index in [-0.39, 0.29) is 11.8 Å². The highest BCUT2D eigenvalue weighted by molar-refractivity contribution is 6.36. The lowest BCUT2D eigenvalue weighted by molar-refractivity contribution is -0.126. The van der Waals surface area contributed by atoms with Gasteiger partial charge in [-0.1, -0.05) is 46.6 Å². The highest BCUT2D eigenvalue weighted by Crippen LogP contribution is 2.29. The molecule has 1 fully saturated rings. The lowest BCUT2D eigenvalue weighted by Gasteiger charge is -2.31. The molecule has 3 aromatic rings. The van der Waals surface area contributed by atoms with Gasteiger partial charge in [0.1, 0.15) is 0 Å². The summed E-state index contributed by atoms with van der Waals surface area (Å²) in [4.78, 5) is 21.9. The van der Waals surface area contributed by atoms with Gasteiger partial charge in [-0.15, -0.1) is 0 Å². The molecule has 2 aromatic carbocycles. The lowest BCUT2D eigenvalue weighted by Crippen LogP contribution is -2.43. The third-order valence-corrected chi connectivity index (χ3v) is 7.31. The number of amides is 1. The molecule has 3 heterocycles. The van der Waals surface area contributed by atoms with Gasteiger partial charge in [0, 0.05) is 42.5 Å². The summed E-state index contributed by atoms with van der Waals surface area (Å²) in [5.41, 5.74) is 3.44. The summed E-state index contributed by atoms with van der Waals surface area (Å²) in [5.74, 6) is 1.06. The fourth-order valence-electron chi connectivity index (χ4n) is 4.97. The van der Waals surface area contributed by atoms with Crippen molar-refractivity contribution in [2.75, 3.05) is 37.6 Å². The van der Waals surface area contributed by atoms with Gasteiger partial charge in [0.15, 0.2) is 0 Å². The molecule has 1 aromatic heterocycles. The third-order valence-electron chi connectivity index (χ3n) is 6.76. The highest BCUT2D eigenvalue weighted by Gasteiger charge is 2.27. The van der Waals surface area contributed by atoms with Crippen LogP contribution in [0.5, 0.6) is 0 Å². The Hall–Kier alpha value is -2.61. The number of benzene rings is 2. The minimum absolute atomic E-state index is 0.0237. The maximum atomic E-state index is 12.8. The predicted molar refractivity (Wildman–Crippen MR) is 138 cm³/mol. The van der Waals surface area contributed by atoms with Crippen LogP contribution in [0.25, 0.3) is 11.4 Å². The number of carbonyl (C=O) groups excluding carboxylic acids is 1. The topological polar surface area (TPSA) is 74.5 Å².